The van der Waals surface area contributed by atoms with Gasteiger partial charge in [-0.25, -0.2) is 4.98 Å². The summed E-state index contributed by atoms with van der Waals surface area (Å²) in [6.45, 7) is 1.91. The quantitative estimate of drug-likeness (QED) is 0.664. The number of nitrogens with zero attached hydrogens (tertiary/aromatic N) is 1. The van der Waals surface area contributed by atoms with E-state index in [-0.39, 0.29) is 6.04 Å². The van der Waals surface area contributed by atoms with Gasteiger partial charge in [0.1, 0.15) is 0 Å². The Hall–Kier alpha value is -0.300. The van der Waals surface area contributed by atoms with E-state index in [0.29, 0.717) is 0 Å². The standard InChI is InChI=1S/C8H12N2O2S2/c1-5-4-13-7(9-5)10-6-2-3-14-8(6,11)12/h4,6,11-12H,2-3H2,1H3,(H,9,10). The maximum Gasteiger partial charge on any atom is 0.234 e. The van der Waals surface area contributed by atoms with Gasteiger partial charge in [-0.15, -0.1) is 11.3 Å². The number of thioether (sulfide) groups is 1. The second-order valence-corrected chi connectivity index (χ2v) is 5.44. The molecule has 1 fully saturated rings. The van der Waals surface area contributed by atoms with E-state index in [1.165, 1.54) is 11.3 Å². The van der Waals surface area contributed by atoms with Gasteiger partial charge in [-0.05, 0) is 13.3 Å². The first-order valence-electron chi connectivity index (χ1n) is 4.35. The number of thiazole rings is 1. The van der Waals surface area contributed by atoms with Crippen LogP contribution in [0.5, 0.6) is 0 Å². The summed E-state index contributed by atoms with van der Waals surface area (Å²) in [7, 11) is 0. The van der Waals surface area contributed by atoms with Crippen LogP contribution in [0.4, 0.5) is 5.13 Å². The highest BCUT2D eigenvalue weighted by molar-refractivity contribution is 8.00. The molecule has 1 aromatic heterocycles. The normalized spacial score (nSPS) is 25.2. The predicted octanol–water partition coefficient (Wildman–Crippen LogP) is 1.01. The van der Waals surface area contributed by atoms with Crippen LogP contribution >= 0.6 is 23.1 Å². The van der Waals surface area contributed by atoms with Crippen molar-refractivity contribution in [1.29, 1.82) is 0 Å². The molecule has 2 heterocycles. The van der Waals surface area contributed by atoms with Crippen LogP contribution in [0.3, 0.4) is 0 Å². The molecule has 0 aromatic carbocycles. The van der Waals surface area contributed by atoms with E-state index in [2.05, 4.69) is 10.3 Å². The van der Waals surface area contributed by atoms with Gasteiger partial charge in [0.15, 0.2) is 5.13 Å². The van der Waals surface area contributed by atoms with Gasteiger partial charge in [0, 0.05) is 11.1 Å². The van der Waals surface area contributed by atoms with Crippen LogP contribution in [-0.2, 0) is 0 Å². The molecule has 0 bridgehead atoms. The third kappa shape index (κ3) is 2.03. The number of aliphatic hydroxyl groups is 2. The molecule has 78 valence electrons. The van der Waals surface area contributed by atoms with Crippen LogP contribution in [0.15, 0.2) is 5.38 Å². The number of rotatable bonds is 2. The zero-order chi connectivity index (χ0) is 10.2. The van der Waals surface area contributed by atoms with Crippen molar-refractivity contribution in [2.24, 2.45) is 0 Å². The highest BCUT2D eigenvalue weighted by atomic mass is 32.2. The van der Waals surface area contributed by atoms with Gasteiger partial charge in [0.25, 0.3) is 0 Å². The molecular formula is C8H12N2O2S2. The molecule has 3 N–H and O–H groups in total. The smallest absolute Gasteiger partial charge is 0.234 e. The molecule has 4 nitrogen and oxygen atoms in total. The molecule has 1 atom stereocenters. The first-order chi connectivity index (χ1) is 6.58. The highest BCUT2D eigenvalue weighted by Crippen LogP contribution is 2.35. The Morgan fingerprint density at radius 3 is 2.93 bits per heavy atom. The molecule has 0 saturated carbocycles. The second-order valence-electron chi connectivity index (χ2n) is 3.29. The lowest BCUT2D eigenvalue weighted by Gasteiger charge is -2.23. The highest BCUT2D eigenvalue weighted by Gasteiger charge is 2.40. The van der Waals surface area contributed by atoms with Crippen molar-refractivity contribution in [1.82, 2.24) is 4.98 Å². The maximum absolute atomic E-state index is 9.56. The molecule has 2 rings (SSSR count). The molecule has 0 aliphatic carbocycles. The SMILES string of the molecule is Cc1csc(NC2CCSC2(O)O)n1. The van der Waals surface area contributed by atoms with E-state index >= 15 is 0 Å². The van der Waals surface area contributed by atoms with Crippen LogP contribution in [0.1, 0.15) is 12.1 Å². The van der Waals surface area contributed by atoms with Gasteiger partial charge in [-0.1, -0.05) is 11.8 Å². The Bertz CT molecular complexity index is 327. The molecule has 1 aliphatic heterocycles. The van der Waals surface area contributed by atoms with Crippen molar-refractivity contribution in [2.75, 3.05) is 11.1 Å². The summed E-state index contributed by atoms with van der Waals surface area (Å²) in [4.78, 5) is 4.22. The third-order valence-corrected chi connectivity index (χ3v) is 4.13. The van der Waals surface area contributed by atoms with Crippen molar-refractivity contribution in [3.05, 3.63) is 11.1 Å². The Kier molecular flexibility index (Phi) is 2.70. The summed E-state index contributed by atoms with van der Waals surface area (Å²) in [5.41, 5.74) is 0.949. The lowest BCUT2D eigenvalue weighted by Crippen LogP contribution is -2.39. The van der Waals surface area contributed by atoms with Crippen molar-refractivity contribution in [3.63, 3.8) is 0 Å². The molecule has 0 radical (unpaired) electrons. The number of hydrogen-bond donors (Lipinski definition) is 3. The van der Waals surface area contributed by atoms with Gasteiger partial charge >= 0.3 is 0 Å². The Labute approximate surface area is 90.4 Å². The van der Waals surface area contributed by atoms with Crippen molar-refractivity contribution < 1.29 is 10.2 Å². The van der Waals surface area contributed by atoms with Gasteiger partial charge in [0.2, 0.25) is 5.12 Å². The summed E-state index contributed by atoms with van der Waals surface area (Å²) in [6.07, 6.45) is 0.746. The average Bonchev–Trinajstić information content (AvgIpc) is 2.61. The second kappa shape index (κ2) is 3.69. The topological polar surface area (TPSA) is 65.4 Å². The minimum atomic E-state index is -1.65. The van der Waals surface area contributed by atoms with Crippen molar-refractivity contribution in [3.8, 4) is 0 Å². The number of nitrogens with one attached hydrogen (secondary N) is 1. The molecule has 0 spiro atoms. The van der Waals surface area contributed by atoms with E-state index in [0.717, 1.165) is 34.8 Å². The molecule has 1 aliphatic rings. The molecular weight excluding hydrogens is 220 g/mol. The van der Waals surface area contributed by atoms with Crippen LogP contribution in [0.2, 0.25) is 0 Å². The Morgan fingerprint density at radius 1 is 1.64 bits per heavy atom. The maximum atomic E-state index is 9.56. The minimum absolute atomic E-state index is 0.321. The molecule has 1 aromatic rings. The summed E-state index contributed by atoms with van der Waals surface area (Å²) < 4.78 is 0. The number of anilines is 1. The summed E-state index contributed by atoms with van der Waals surface area (Å²) >= 11 is 2.64. The fourth-order valence-corrected chi connectivity index (χ4v) is 3.12. The van der Waals surface area contributed by atoms with E-state index in [4.69, 9.17) is 0 Å². The molecule has 6 heteroatoms. The van der Waals surface area contributed by atoms with E-state index in [1.807, 2.05) is 12.3 Å². The Balaban J connectivity index is 2.04. The van der Waals surface area contributed by atoms with E-state index in [1.54, 1.807) is 0 Å². The third-order valence-electron chi connectivity index (χ3n) is 2.09. The summed E-state index contributed by atoms with van der Waals surface area (Å²) in [5.74, 6) is 0.759. The number of hydrogen-bond acceptors (Lipinski definition) is 6. The molecule has 1 saturated heterocycles. The van der Waals surface area contributed by atoms with Gasteiger partial charge < -0.3 is 15.5 Å². The summed E-state index contributed by atoms with van der Waals surface area (Å²) in [5, 5.41) is 23.2. The van der Waals surface area contributed by atoms with Crippen LogP contribution in [-0.4, -0.2) is 32.1 Å². The first kappa shape index (κ1) is 10.2. The molecule has 1 unspecified atom stereocenters. The average molecular weight is 232 g/mol. The molecule has 0 amide bonds. The fraction of sp³-hybridized carbons (Fsp3) is 0.625. The predicted molar refractivity (Wildman–Crippen MR) is 58.5 cm³/mol. The monoisotopic (exact) mass is 232 g/mol. The van der Waals surface area contributed by atoms with Gasteiger partial charge in [0.05, 0.1) is 11.7 Å². The van der Waals surface area contributed by atoms with Crippen molar-refractivity contribution >= 4 is 28.2 Å². The van der Waals surface area contributed by atoms with Crippen LogP contribution in [0.25, 0.3) is 0 Å². The fourth-order valence-electron chi connectivity index (χ4n) is 1.35. The van der Waals surface area contributed by atoms with Gasteiger partial charge in [-0.2, -0.15) is 0 Å². The van der Waals surface area contributed by atoms with E-state index in [9.17, 15) is 10.2 Å². The largest absolute Gasteiger partial charge is 0.356 e. The minimum Gasteiger partial charge on any atom is -0.356 e. The Morgan fingerprint density at radius 2 is 2.43 bits per heavy atom. The number of aryl methyl sites for hydroxylation is 1. The zero-order valence-electron chi connectivity index (χ0n) is 7.73. The lowest BCUT2D eigenvalue weighted by atomic mass is 10.2. The van der Waals surface area contributed by atoms with Crippen molar-refractivity contribution in [2.45, 2.75) is 24.5 Å². The summed E-state index contributed by atoms with van der Waals surface area (Å²) in [6, 6.07) is -0.321. The lowest BCUT2D eigenvalue weighted by molar-refractivity contribution is -0.0834. The van der Waals surface area contributed by atoms with E-state index < -0.39 is 5.12 Å². The molecule has 14 heavy (non-hydrogen) atoms. The van der Waals surface area contributed by atoms with Crippen LogP contribution in [0, 0.1) is 6.92 Å². The zero-order valence-corrected chi connectivity index (χ0v) is 9.36. The van der Waals surface area contributed by atoms with Gasteiger partial charge in [-0.3, -0.25) is 0 Å². The number of aromatic nitrogens is 1. The van der Waals surface area contributed by atoms with Crippen LogP contribution < -0.4 is 5.32 Å². The first-order valence-corrected chi connectivity index (χ1v) is 6.22.